The highest BCUT2D eigenvalue weighted by Gasteiger charge is 2.86. The Kier molecular flexibility index (Phi) is 8.01. The fourth-order valence-electron chi connectivity index (χ4n) is 13.8. The third-order valence-electron chi connectivity index (χ3n) is 15.9. The number of carbonyl (C=O) groups is 1. The number of aliphatic hydroxyl groups is 6. The molecule has 0 aromatic carbocycles. The molecule has 0 amide bonds. The Balaban J connectivity index is 1.17. The molecule has 5 aliphatic carbocycles. The summed E-state index contributed by atoms with van der Waals surface area (Å²) in [6.07, 6.45) is -0.902. The van der Waals surface area contributed by atoms with Crippen molar-refractivity contribution in [3.63, 3.8) is 0 Å². The lowest BCUT2D eigenvalue weighted by Crippen LogP contribution is -2.62. The van der Waals surface area contributed by atoms with Crippen LogP contribution in [0, 0.1) is 50.7 Å². The number of esters is 1. The first-order valence-corrected chi connectivity index (χ1v) is 18.4. The topological polar surface area (TPSA) is 175 Å². The highest BCUT2D eigenvalue weighted by Crippen LogP contribution is 2.89. The highest BCUT2D eigenvalue weighted by atomic mass is 16.7. The standard InChI is InChI=1S/C37H60O11/c1-18-15-21(28(32(5,6)43)46-19(2)38)48-37(44)27(18)33(7)13-14-36-17-35(36)12-11-24(47-29-26(41)25(40)20(39)16-45-29)31(3,4)22(35)9-10-23(36)34(33,8)30(37)42/h18,20-30,39-44H,9-17H2,1-8H3/t18-,20-,21-,22+,23+,24+,25+,26-,27?,28+,29+,30-,33-,34-,35-,36+,37-/m1/s1. The number of aliphatic hydroxyl groups excluding tert-OH is 4. The summed E-state index contributed by atoms with van der Waals surface area (Å²) in [5.74, 6) is -2.26. The molecule has 2 saturated heterocycles. The fraction of sp³-hybridized carbons (Fsp3) is 0.973. The van der Waals surface area contributed by atoms with E-state index in [1.807, 2.05) is 0 Å². The number of hydrogen-bond acceptors (Lipinski definition) is 11. The second-order valence-electron chi connectivity index (χ2n) is 18.8. The fourth-order valence-corrected chi connectivity index (χ4v) is 13.8. The van der Waals surface area contributed by atoms with Gasteiger partial charge in [-0.3, -0.25) is 4.79 Å². The van der Waals surface area contributed by atoms with Crippen LogP contribution in [0.1, 0.15) is 107 Å². The number of fused-ring (bicyclic) bond motifs is 4. The number of carbonyl (C=O) groups excluding carboxylic acids is 1. The molecule has 11 heteroatoms. The highest BCUT2D eigenvalue weighted by molar-refractivity contribution is 5.66. The van der Waals surface area contributed by atoms with E-state index in [2.05, 4.69) is 34.6 Å². The van der Waals surface area contributed by atoms with Crippen molar-refractivity contribution in [2.75, 3.05) is 6.61 Å². The molecule has 7 rings (SSSR count). The summed E-state index contributed by atoms with van der Waals surface area (Å²) in [5.41, 5.74) is -2.59. The smallest absolute Gasteiger partial charge is 0.303 e. The van der Waals surface area contributed by atoms with Gasteiger partial charge in [0.2, 0.25) is 0 Å². The first-order chi connectivity index (χ1) is 22.1. The zero-order valence-corrected chi connectivity index (χ0v) is 30.0. The normalized spacial score (nSPS) is 56.1. The second-order valence-corrected chi connectivity index (χ2v) is 18.8. The van der Waals surface area contributed by atoms with Crippen LogP contribution in [0.3, 0.4) is 0 Å². The van der Waals surface area contributed by atoms with E-state index in [1.54, 1.807) is 13.8 Å². The van der Waals surface area contributed by atoms with Crippen LogP contribution < -0.4 is 0 Å². The predicted molar refractivity (Wildman–Crippen MR) is 172 cm³/mol. The van der Waals surface area contributed by atoms with Gasteiger partial charge in [0.25, 0.3) is 0 Å². The van der Waals surface area contributed by atoms with Crippen LogP contribution >= 0.6 is 0 Å². The van der Waals surface area contributed by atoms with Gasteiger partial charge in [0.15, 0.2) is 18.2 Å². The Hall–Kier alpha value is -0.890. The molecule has 2 aliphatic heterocycles. The molecular weight excluding hydrogens is 620 g/mol. The van der Waals surface area contributed by atoms with Crippen molar-refractivity contribution in [3.8, 4) is 0 Å². The molecular formula is C37H60O11. The monoisotopic (exact) mass is 680 g/mol. The predicted octanol–water partition coefficient (Wildman–Crippen LogP) is 2.65. The lowest BCUT2D eigenvalue weighted by atomic mass is 9.41. The Labute approximate surface area is 284 Å². The Morgan fingerprint density at radius 1 is 0.938 bits per heavy atom. The first kappa shape index (κ1) is 35.5. The van der Waals surface area contributed by atoms with E-state index in [0.717, 1.165) is 44.9 Å². The molecule has 0 bridgehead atoms. The lowest BCUT2D eigenvalue weighted by Gasteiger charge is -2.63. The third kappa shape index (κ3) is 4.41. The molecule has 11 nitrogen and oxygen atoms in total. The SMILES string of the molecule is CC(=O)O[C@@H]([C@H]1C[C@@H](C)C2[C@@](O)(O1)[C@H](O)[C@@]1(C)[C@@H]3CC[C@H]4C(C)(C)[C@@H](O[C@@H]5OC[C@@H](O)[C@H](O)[C@H]5O)CC[C@@]45C[C@@]35CC[C@]21C)C(C)(C)O. The van der Waals surface area contributed by atoms with Crippen LogP contribution in [0.15, 0.2) is 0 Å². The summed E-state index contributed by atoms with van der Waals surface area (Å²) in [7, 11) is 0. The van der Waals surface area contributed by atoms with Crippen molar-refractivity contribution in [2.45, 2.75) is 167 Å². The van der Waals surface area contributed by atoms with E-state index in [4.69, 9.17) is 18.9 Å². The maximum atomic E-state index is 12.6. The van der Waals surface area contributed by atoms with Crippen LogP contribution in [0.4, 0.5) is 0 Å². The van der Waals surface area contributed by atoms with E-state index in [-0.39, 0.29) is 46.7 Å². The second kappa shape index (κ2) is 10.8. The van der Waals surface area contributed by atoms with Crippen LogP contribution in [0.5, 0.6) is 0 Å². The van der Waals surface area contributed by atoms with Crippen LogP contribution in [0.25, 0.3) is 0 Å². The van der Waals surface area contributed by atoms with Crippen LogP contribution in [-0.4, -0.2) is 104 Å². The number of rotatable bonds is 5. The molecule has 5 saturated carbocycles. The van der Waals surface area contributed by atoms with Crippen molar-refractivity contribution >= 4 is 5.97 Å². The minimum atomic E-state index is -1.86. The first-order valence-electron chi connectivity index (χ1n) is 18.4. The number of hydrogen-bond donors (Lipinski definition) is 6. The van der Waals surface area contributed by atoms with Gasteiger partial charge < -0.3 is 49.6 Å². The average Bonchev–Trinajstić information content (AvgIpc) is 3.62. The van der Waals surface area contributed by atoms with Gasteiger partial charge in [-0.2, -0.15) is 0 Å². The molecule has 2 heterocycles. The summed E-state index contributed by atoms with van der Waals surface area (Å²) in [6.45, 7) is 15.4. The molecule has 17 atom stereocenters. The van der Waals surface area contributed by atoms with Crippen molar-refractivity contribution in [3.05, 3.63) is 0 Å². The van der Waals surface area contributed by atoms with Gasteiger partial charge >= 0.3 is 5.97 Å². The lowest BCUT2D eigenvalue weighted by molar-refractivity contribution is -0.342. The van der Waals surface area contributed by atoms with Gasteiger partial charge in [-0.1, -0.05) is 34.6 Å². The largest absolute Gasteiger partial charge is 0.457 e. The quantitative estimate of drug-likeness (QED) is 0.186. The van der Waals surface area contributed by atoms with Gasteiger partial charge in [0.1, 0.15) is 30.5 Å². The summed E-state index contributed by atoms with van der Waals surface area (Å²) in [5, 5.41) is 67.0. The molecule has 7 fully saturated rings. The minimum Gasteiger partial charge on any atom is -0.457 e. The summed E-state index contributed by atoms with van der Waals surface area (Å²) >= 11 is 0. The molecule has 1 unspecified atom stereocenters. The average molecular weight is 681 g/mol. The van der Waals surface area contributed by atoms with E-state index in [0.29, 0.717) is 12.3 Å². The van der Waals surface area contributed by atoms with Gasteiger partial charge in [0, 0.05) is 18.3 Å². The maximum absolute atomic E-state index is 12.6. The van der Waals surface area contributed by atoms with E-state index >= 15 is 0 Å². The Morgan fingerprint density at radius 2 is 1.58 bits per heavy atom. The van der Waals surface area contributed by atoms with Gasteiger partial charge in [-0.15, -0.1) is 0 Å². The summed E-state index contributed by atoms with van der Waals surface area (Å²) in [4.78, 5) is 12.1. The molecule has 48 heavy (non-hydrogen) atoms. The molecule has 0 aromatic heterocycles. The Morgan fingerprint density at radius 3 is 2.23 bits per heavy atom. The molecule has 0 radical (unpaired) electrons. The maximum Gasteiger partial charge on any atom is 0.303 e. The van der Waals surface area contributed by atoms with E-state index in [9.17, 15) is 35.4 Å². The van der Waals surface area contributed by atoms with Crippen molar-refractivity contribution < 1.29 is 54.4 Å². The zero-order chi connectivity index (χ0) is 35.2. The van der Waals surface area contributed by atoms with Gasteiger partial charge in [-0.25, -0.2) is 0 Å². The van der Waals surface area contributed by atoms with Crippen LogP contribution in [0.2, 0.25) is 0 Å². The molecule has 274 valence electrons. The molecule has 0 aromatic rings. The summed E-state index contributed by atoms with van der Waals surface area (Å²) < 4.78 is 24.2. The van der Waals surface area contributed by atoms with Gasteiger partial charge in [-0.05, 0) is 105 Å². The molecule has 6 N–H and O–H groups in total. The van der Waals surface area contributed by atoms with Crippen LogP contribution in [-0.2, 0) is 23.7 Å². The Bertz CT molecular complexity index is 1300. The third-order valence-corrected chi connectivity index (χ3v) is 15.9. The minimum absolute atomic E-state index is 0.0222. The van der Waals surface area contributed by atoms with Crippen molar-refractivity contribution in [1.29, 1.82) is 0 Å². The van der Waals surface area contributed by atoms with Crippen molar-refractivity contribution in [2.24, 2.45) is 50.7 Å². The van der Waals surface area contributed by atoms with Crippen molar-refractivity contribution in [1.82, 2.24) is 0 Å². The van der Waals surface area contributed by atoms with Gasteiger partial charge in [0.05, 0.1) is 18.3 Å². The zero-order valence-electron chi connectivity index (χ0n) is 30.0. The number of ether oxygens (including phenoxy) is 4. The molecule has 2 spiro atoms. The van der Waals surface area contributed by atoms with E-state index in [1.165, 1.54) is 6.92 Å². The molecule has 7 aliphatic rings. The van der Waals surface area contributed by atoms with E-state index < -0.39 is 71.1 Å². The summed E-state index contributed by atoms with van der Waals surface area (Å²) in [6, 6.07) is 0.